The van der Waals surface area contributed by atoms with E-state index in [1.807, 2.05) is 38.1 Å². The SMILES string of the molecule is CCN(CC)S(=O)(=O)Cc1cccc(CN)c1. The predicted molar refractivity (Wildman–Crippen MR) is 69.9 cm³/mol. The van der Waals surface area contributed by atoms with E-state index in [-0.39, 0.29) is 5.75 Å². The van der Waals surface area contributed by atoms with Crippen LogP contribution in [-0.4, -0.2) is 25.8 Å². The normalized spacial score (nSPS) is 12.0. The third-order valence-corrected chi connectivity index (χ3v) is 4.68. The number of nitrogens with two attached hydrogens (primary N) is 1. The Kier molecular flexibility index (Phi) is 5.11. The van der Waals surface area contributed by atoms with Crippen molar-refractivity contribution in [2.45, 2.75) is 26.1 Å². The first-order valence-electron chi connectivity index (χ1n) is 5.79. The van der Waals surface area contributed by atoms with Crippen LogP contribution in [0.25, 0.3) is 0 Å². The van der Waals surface area contributed by atoms with Gasteiger partial charge in [0, 0.05) is 19.6 Å². The van der Waals surface area contributed by atoms with Gasteiger partial charge in [0.05, 0.1) is 5.75 Å². The molecule has 5 heteroatoms. The highest BCUT2D eigenvalue weighted by Gasteiger charge is 2.19. The van der Waals surface area contributed by atoms with E-state index in [1.54, 1.807) is 0 Å². The lowest BCUT2D eigenvalue weighted by atomic mass is 10.1. The quantitative estimate of drug-likeness (QED) is 0.835. The van der Waals surface area contributed by atoms with Gasteiger partial charge in [-0.1, -0.05) is 38.1 Å². The molecule has 17 heavy (non-hydrogen) atoms. The molecule has 0 atom stereocenters. The van der Waals surface area contributed by atoms with Gasteiger partial charge < -0.3 is 5.73 Å². The van der Waals surface area contributed by atoms with Crippen molar-refractivity contribution in [3.8, 4) is 0 Å². The summed E-state index contributed by atoms with van der Waals surface area (Å²) in [4.78, 5) is 0. The van der Waals surface area contributed by atoms with E-state index in [9.17, 15) is 8.42 Å². The van der Waals surface area contributed by atoms with Gasteiger partial charge in [0.15, 0.2) is 0 Å². The Morgan fingerprint density at radius 2 is 1.76 bits per heavy atom. The number of sulfonamides is 1. The molecule has 0 aliphatic heterocycles. The van der Waals surface area contributed by atoms with E-state index < -0.39 is 10.0 Å². The maximum atomic E-state index is 12.1. The van der Waals surface area contributed by atoms with Crippen LogP contribution in [-0.2, 0) is 22.3 Å². The van der Waals surface area contributed by atoms with Crippen LogP contribution in [0, 0.1) is 0 Å². The molecular formula is C12H20N2O2S. The Morgan fingerprint density at radius 1 is 1.18 bits per heavy atom. The molecule has 0 aliphatic rings. The molecule has 1 rings (SSSR count). The zero-order valence-electron chi connectivity index (χ0n) is 10.4. The van der Waals surface area contributed by atoms with Gasteiger partial charge in [-0.3, -0.25) is 0 Å². The van der Waals surface area contributed by atoms with E-state index in [0.29, 0.717) is 19.6 Å². The molecule has 2 N–H and O–H groups in total. The van der Waals surface area contributed by atoms with Crippen LogP contribution >= 0.6 is 0 Å². The number of hydrogen-bond donors (Lipinski definition) is 1. The van der Waals surface area contributed by atoms with Crippen LogP contribution in [0.15, 0.2) is 24.3 Å². The number of hydrogen-bond acceptors (Lipinski definition) is 3. The van der Waals surface area contributed by atoms with Gasteiger partial charge in [-0.25, -0.2) is 12.7 Å². The molecule has 4 nitrogen and oxygen atoms in total. The first-order chi connectivity index (χ1) is 8.03. The molecule has 96 valence electrons. The fraction of sp³-hybridized carbons (Fsp3) is 0.500. The standard InChI is InChI=1S/C12H20N2O2S/c1-3-14(4-2)17(15,16)10-12-7-5-6-11(8-12)9-13/h5-8H,3-4,9-10,13H2,1-2H3. The van der Waals surface area contributed by atoms with Gasteiger partial charge >= 0.3 is 0 Å². The van der Waals surface area contributed by atoms with Crippen molar-refractivity contribution >= 4 is 10.0 Å². The Hall–Kier alpha value is -0.910. The van der Waals surface area contributed by atoms with Gasteiger partial charge in [0.1, 0.15) is 0 Å². The van der Waals surface area contributed by atoms with Crippen molar-refractivity contribution in [3.63, 3.8) is 0 Å². The molecule has 0 heterocycles. The van der Waals surface area contributed by atoms with Crippen molar-refractivity contribution in [1.82, 2.24) is 4.31 Å². The second-order valence-electron chi connectivity index (χ2n) is 3.86. The summed E-state index contributed by atoms with van der Waals surface area (Å²) in [7, 11) is -3.21. The molecule has 0 saturated heterocycles. The summed E-state index contributed by atoms with van der Waals surface area (Å²) in [6, 6.07) is 7.41. The topological polar surface area (TPSA) is 63.4 Å². The van der Waals surface area contributed by atoms with Crippen LogP contribution in [0.3, 0.4) is 0 Å². The third-order valence-electron chi connectivity index (χ3n) is 2.67. The van der Waals surface area contributed by atoms with Gasteiger partial charge in [-0.2, -0.15) is 0 Å². The molecule has 0 amide bonds. The number of nitrogens with zero attached hydrogens (tertiary/aromatic N) is 1. The Bertz CT molecular complexity index is 453. The largest absolute Gasteiger partial charge is 0.326 e. The molecule has 0 unspecified atom stereocenters. The summed E-state index contributed by atoms with van der Waals surface area (Å²) in [6.45, 7) is 5.14. The first-order valence-corrected chi connectivity index (χ1v) is 7.40. The lowest BCUT2D eigenvalue weighted by Gasteiger charge is -2.18. The highest BCUT2D eigenvalue weighted by atomic mass is 32.2. The summed E-state index contributed by atoms with van der Waals surface area (Å²) in [5.41, 5.74) is 7.28. The molecule has 1 aromatic carbocycles. The Morgan fingerprint density at radius 3 is 2.29 bits per heavy atom. The van der Waals surface area contributed by atoms with Gasteiger partial charge in [0.2, 0.25) is 10.0 Å². The van der Waals surface area contributed by atoms with E-state index in [0.717, 1.165) is 11.1 Å². The van der Waals surface area contributed by atoms with Crippen LogP contribution in [0.5, 0.6) is 0 Å². The van der Waals surface area contributed by atoms with Crippen molar-refractivity contribution in [1.29, 1.82) is 0 Å². The maximum absolute atomic E-state index is 12.1. The Labute approximate surface area is 103 Å². The average Bonchev–Trinajstić information content (AvgIpc) is 2.29. The minimum Gasteiger partial charge on any atom is -0.326 e. The lowest BCUT2D eigenvalue weighted by Crippen LogP contribution is -2.31. The van der Waals surface area contributed by atoms with E-state index >= 15 is 0 Å². The zero-order valence-corrected chi connectivity index (χ0v) is 11.2. The highest BCUT2D eigenvalue weighted by molar-refractivity contribution is 7.88. The second-order valence-corrected chi connectivity index (χ2v) is 5.83. The van der Waals surface area contributed by atoms with Crippen LogP contribution in [0.2, 0.25) is 0 Å². The van der Waals surface area contributed by atoms with Gasteiger partial charge in [0.25, 0.3) is 0 Å². The third kappa shape index (κ3) is 3.80. The Balaban J connectivity index is 2.89. The summed E-state index contributed by atoms with van der Waals surface area (Å²) in [5, 5.41) is 0. The van der Waals surface area contributed by atoms with Crippen molar-refractivity contribution in [2.75, 3.05) is 13.1 Å². The summed E-state index contributed by atoms with van der Waals surface area (Å²) < 4.78 is 25.6. The minimum atomic E-state index is -3.21. The predicted octanol–water partition coefficient (Wildman–Crippen LogP) is 1.32. The molecule has 0 aliphatic carbocycles. The van der Waals surface area contributed by atoms with Crippen LogP contribution in [0.4, 0.5) is 0 Å². The lowest BCUT2D eigenvalue weighted by molar-refractivity contribution is 0.444. The summed E-state index contributed by atoms with van der Waals surface area (Å²) in [6.07, 6.45) is 0. The summed E-state index contributed by atoms with van der Waals surface area (Å²) in [5.74, 6) is 0.0442. The minimum absolute atomic E-state index is 0.0442. The van der Waals surface area contributed by atoms with Crippen molar-refractivity contribution < 1.29 is 8.42 Å². The van der Waals surface area contributed by atoms with Gasteiger partial charge in [-0.05, 0) is 11.1 Å². The fourth-order valence-corrected chi connectivity index (χ4v) is 3.34. The van der Waals surface area contributed by atoms with Crippen molar-refractivity contribution in [2.24, 2.45) is 5.73 Å². The molecule has 0 spiro atoms. The molecule has 0 radical (unpaired) electrons. The maximum Gasteiger partial charge on any atom is 0.218 e. The van der Waals surface area contributed by atoms with E-state index in [2.05, 4.69) is 0 Å². The van der Waals surface area contributed by atoms with Crippen LogP contribution < -0.4 is 5.73 Å². The highest BCUT2D eigenvalue weighted by Crippen LogP contribution is 2.12. The second kappa shape index (κ2) is 6.14. The van der Waals surface area contributed by atoms with Gasteiger partial charge in [-0.15, -0.1) is 0 Å². The van der Waals surface area contributed by atoms with E-state index in [4.69, 9.17) is 5.73 Å². The van der Waals surface area contributed by atoms with Crippen LogP contribution in [0.1, 0.15) is 25.0 Å². The van der Waals surface area contributed by atoms with E-state index in [1.165, 1.54) is 4.31 Å². The molecular weight excluding hydrogens is 236 g/mol. The summed E-state index contributed by atoms with van der Waals surface area (Å²) >= 11 is 0. The smallest absolute Gasteiger partial charge is 0.218 e. The first kappa shape index (κ1) is 14.2. The molecule has 0 bridgehead atoms. The average molecular weight is 256 g/mol. The monoisotopic (exact) mass is 256 g/mol. The number of rotatable bonds is 6. The van der Waals surface area contributed by atoms with Crippen molar-refractivity contribution in [3.05, 3.63) is 35.4 Å². The molecule has 0 saturated carbocycles. The molecule has 0 aromatic heterocycles. The number of benzene rings is 1. The molecule has 1 aromatic rings. The fourth-order valence-electron chi connectivity index (χ4n) is 1.77. The zero-order chi connectivity index (χ0) is 12.9. The molecule has 0 fully saturated rings.